The number of aromatic amines is 1. The average Bonchev–Trinajstić information content (AvgIpc) is 2.81. The van der Waals surface area contributed by atoms with Crippen LogP contribution in [0.5, 0.6) is 5.75 Å². The van der Waals surface area contributed by atoms with Gasteiger partial charge in [0, 0.05) is 24.4 Å². The zero-order valence-electron chi connectivity index (χ0n) is 8.97. The van der Waals surface area contributed by atoms with Crippen LogP contribution in [0.25, 0.3) is 0 Å². The highest BCUT2D eigenvalue weighted by atomic mass is 16.5. The van der Waals surface area contributed by atoms with Gasteiger partial charge in [-0.2, -0.15) is 0 Å². The third-order valence-electron chi connectivity index (χ3n) is 2.24. The number of hydrogen-bond donors (Lipinski definition) is 2. The van der Waals surface area contributed by atoms with Crippen LogP contribution < -0.4 is 10.5 Å². The maximum absolute atomic E-state index is 5.94. The molecular formula is C12H15N3O. The second-order valence-electron chi connectivity index (χ2n) is 3.67. The molecule has 84 valence electrons. The smallest absolute Gasteiger partial charge is 0.119 e. The molecule has 4 heteroatoms. The Bertz CT molecular complexity index is 399. The van der Waals surface area contributed by atoms with Gasteiger partial charge in [0.2, 0.25) is 0 Å². The summed E-state index contributed by atoms with van der Waals surface area (Å²) in [5.74, 6) is 0.850. The van der Waals surface area contributed by atoms with Crippen LogP contribution in [0.3, 0.4) is 0 Å². The lowest BCUT2D eigenvalue weighted by Crippen LogP contribution is -2.30. The number of ether oxygens (including phenoxy) is 1. The summed E-state index contributed by atoms with van der Waals surface area (Å²) in [4.78, 5) is 6.96. The summed E-state index contributed by atoms with van der Waals surface area (Å²) < 4.78 is 5.56. The zero-order chi connectivity index (χ0) is 11.2. The van der Waals surface area contributed by atoms with Gasteiger partial charge in [-0.1, -0.05) is 18.2 Å². The van der Waals surface area contributed by atoms with Crippen molar-refractivity contribution in [2.45, 2.75) is 12.5 Å². The molecule has 1 heterocycles. The Morgan fingerprint density at radius 3 is 2.81 bits per heavy atom. The molecule has 0 saturated carbocycles. The summed E-state index contributed by atoms with van der Waals surface area (Å²) >= 11 is 0. The molecular weight excluding hydrogens is 202 g/mol. The van der Waals surface area contributed by atoms with Gasteiger partial charge in [-0.15, -0.1) is 0 Å². The second-order valence-corrected chi connectivity index (χ2v) is 3.67. The molecule has 0 saturated heterocycles. The number of imidazole rings is 1. The number of aromatic nitrogens is 2. The van der Waals surface area contributed by atoms with Crippen LogP contribution in [0.4, 0.5) is 0 Å². The molecule has 0 fully saturated rings. The van der Waals surface area contributed by atoms with Crippen molar-refractivity contribution >= 4 is 0 Å². The number of para-hydroxylation sites is 1. The Labute approximate surface area is 94.5 Å². The van der Waals surface area contributed by atoms with Crippen molar-refractivity contribution < 1.29 is 4.74 Å². The largest absolute Gasteiger partial charge is 0.492 e. The fourth-order valence-corrected chi connectivity index (χ4v) is 1.46. The van der Waals surface area contributed by atoms with Gasteiger partial charge in [-0.05, 0) is 12.1 Å². The molecule has 0 spiro atoms. The fourth-order valence-electron chi connectivity index (χ4n) is 1.46. The van der Waals surface area contributed by atoms with E-state index in [1.54, 1.807) is 12.5 Å². The quantitative estimate of drug-likeness (QED) is 0.794. The van der Waals surface area contributed by atoms with Crippen molar-refractivity contribution in [2.24, 2.45) is 5.73 Å². The summed E-state index contributed by atoms with van der Waals surface area (Å²) in [7, 11) is 0. The van der Waals surface area contributed by atoms with Crippen LogP contribution >= 0.6 is 0 Å². The van der Waals surface area contributed by atoms with Crippen molar-refractivity contribution in [1.29, 1.82) is 0 Å². The number of nitrogens with zero attached hydrogens (tertiary/aromatic N) is 1. The third kappa shape index (κ3) is 3.10. The molecule has 0 aliphatic heterocycles. The summed E-state index contributed by atoms with van der Waals surface area (Å²) in [5.41, 5.74) is 6.97. The number of nitrogens with two attached hydrogens (primary N) is 1. The summed E-state index contributed by atoms with van der Waals surface area (Å²) in [6.07, 6.45) is 4.18. The Morgan fingerprint density at radius 1 is 1.31 bits per heavy atom. The molecule has 16 heavy (non-hydrogen) atoms. The van der Waals surface area contributed by atoms with E-state index in [4.69, 9.17) is 10.5 Å². The molecule has 1 aromatic carbocycles. The first-order valence-corrected chi connectivity index (χ1v) is 5.25. The van der Waals surface area contributed by atoms with E-state index in [0.29, 0.717) is 6.61 Å². The van der Waals surface area contributed by atoms with E-state index in [2.05, 4.69) is 9.97 Å². The summed E-state index contributed by atoms with van der Waals surface area (Å²) in [6.45, 7) is 0.503. The van der Waals surface area contributed by atoms with Crippen molar-refractivity contribution in [3.63, 3.8) is 0 Å². The molecule has 2 aromatic rings. The van der Waals surface area contributed by atoms with E-state index in [1.165, 1.54) is 0 Å². The number of nitrogens with one attached hydrogen (secondary N) is 1. The average molecular weight is 217 g/mol. The minimum absolute atomic E-state index is 0.0272. The SMILES string of the molecule is NC(COc1ccccc1)Cc1cnc[nH]1. The highest BCUT2D eigenvalue weighted by molar-refractivity contribution is 5.20. The van der Waals surface area contributed by atoms with E-state index >= 15 is 0 Å². The van der Waals surface area contributed by atoms with Crippen molar-refractivity contribution in [1.82, 2.24) is 9.97 Å². The first-order valence-electron chi connectivity index (χ1n) is 5.25. The first-order chi connectivity index (χ1) is 7.84. The lowest BCUT2D eigenvalue weighted by Gasteiger charge is -2.12. The zero-order valence-corrected chi connectivity index (χ0v) is 8.97. The van der Waals surface area contributed by atoms with Gasteiger partial charge in [-0.3, -0.25) is 0 Å². The molecule has 0 bridgehead atoms. The number of rotatable bonds is 5. The highest BCUT2D eigenvalue weighted by Gasteiger charge is 2.05. The predicted octanol–water partition coefficient (Wildman–Crippen LogP) is 1.36. The van der Waals surface area contributed by atoms with Gasteiger partial charge in [0.05, 0.1) is 6.33 Å². The van der Waals surface area contributed by atoms with Crippen LogP contribution in [0, 0.1) is 0 Å². The van der Waals surface area contributed by atoms with Gasteiger partial charge in [-0.25, -0.2) is 4.98 Å². The van der Waals surface area contributed by atoms with Gasteiger partial charge in [0.15, 0.2) is 0 Å². The van der Waals surface area contributed by atoms with Gasteiger partial charge >= 0.3 is 0 Å². The van der Waals surface area contributed by atoms with Crippen LogP contribution in [0.15, 0.2) is 42.9 Å². The van der Waals surface area contributed by atoms with E-state index in [9.17, 15) is 0 Å². The molecule has 0 amide bonds. The van der Waals surface area contributed by atoms with Gasteiger partial charge < -0.3 is 15.5 Å². The number of hydrogen-bond acceptors (Lipinski definition) is 3. The van der Waals surface area contributed by atoms with Crippen molar-refractivity contribution in [3.05, 3.63) is 48.5 Å². The molecule has 2 rings (SSSR count). The van der Waals surface area contributed by atoms with Crippen LogP contribution in [0.2, 0.25) is 0 Å². The third-order valence-corrected chi connectivity index (χ3v) is 2.24. The minimum Gasteiger partial charge on any atom is -0.492 e. The summed E-state index contributed by atoms with van der Waals surface area (Å²) in [6, 6.07) is 9.65. The maximum Gasteiger partial charge on any atom is 0.119 e. The molecule has 4 nitrogen and oxygen atoms in total. The number of H-pyrrole nitrogens is 1. The lowest BCUT2D eigenvalue weighted by atomic mass is 10.2. The number of benzene rings is 1. The Kier molecular flexibility index (Phi) is 3.56. The molecule has 1 unspecified atom stereocenters. The van der Waals surface area contributed by atoms with Crippen LogP contribution in [-0.4, -0.2) is 22.6 Å². The predicted molar refractivity (Wildman–Crippen MR) is 62.2 cm³/mol. The minimum atomic E-state index is -0.0272. The Balaban J connectivity index is 1.78. The highest BCUT2D eigenvalue weighted by Crippen LogP contribution is 2.08. The normalized spacial score (nSPS) is 12.3. The lowest BCUT2D eigenvalue weighted by molar-refractivity contribution is 0.287. The topological polar surface area (TPSA) is 63.9 Å². The molecule has 1 atom stereocenters. The van der Waals surface area contributed by atoms with E-state index in [0.717, 1.165) is 17.9 Å². The van der Waals surface area contributed by atoms with E-state index in [1.807, 2.05) is 30.3 Å². The van der Waals surface area contributed by atoms with Gasteiger partial charge in [0.1, 0.15) is 12.4 Å². The van der Waals surface area contributed by atoms with Crippen molar-refractivity contribution in [3.8, 4) is 5.75 Å². The monoisotopic (exact) mass is 217 g/mol. The molecule has 1 aromatic heterocycles. The first kappa shape index (κ1) is 10.7. The van der Waals surface area contributed by atoms with Crippen molar-refractivity contribution in [2.75, 3.05) is 6.61 Å². The Hall–Kier alpha value is -1.81. The molecule has 0 aliphatic rings. The standard InChI is InChI=1S/C12H15N3O/c13-10(6-11-7-14-9-15-11)8-16-12-4-2-1-3-5-12/h1-5,7,9-10H,6,8,13H2,(H,14,15). The Morgan fingerprint density at radius 2 is 2.12 bits per heavy atom. The maximum atomic E-state index is 5.94. The van der Waals surface area contributed by atoms with Gasteiger partial charge in [0.25, 0.3) is 0 Å². The molecule has 3 N–H and O–H groups in total. The van der Waals surface area contributed by atoms with E-state index < -0.39 is 0 Å². The van der Waals surface area contributed by atoms with Crippen LogP contribution in [-0.2, 0) is 6.42 Å². The summed E-state index contributed by atoms with van der Waals surface area (Å²) in [5, 5.41) is 0. The fraction of sp³-hybridized carbons (Fsp3) is 0.250. The van der Waals surface area contributed by atoms with E-state index in [-0.39, 0.29) is 6.04 Å². The second kappa shape index (κ2) is 5.32. The van der Waals surface area contributed by atoms with Crippen LogP contribution in [0.1, 0.15) is 5.69 Å². The molecule has 0 aliphatic carbocycles. The molecule has 0 radical (unpaired) electrons.